The molecule has 1 fully saturated rings. The summed E-state index contributed by atoms with van der Waals surface area (Å²) in [6, 6.07) is 7.52. The number of ketones is 1. The molecule has 8 nitrogen and oxygen atoms in total. The van der Waals surface area contributed by atoms with Crippen LogP contribution in [0.25, 0.3) is 0 Å². The maximum Gasteiger partial charge on any atom is 0.232 e. The summed E-state index contributed by atoms with van der Waals surface area (Å²) < 4.78 is 5.56. The third kappa shape index (κ3) is 4.32. The molecule has 2 heterocycles. The third-order valence-electron chi connectivity index (χ3n) is 5.57. The molecule has 1 aliphatic heterocycles. The summed E-state index contributed by atoms with van der Waals surface area (Å²) in [7, 11) is 1.61. The molecular weight excluding hydrogens is 382 g/mol. The van der Waals surface area contributed by atoms with Crippen molar-refractivity contribution in [3.8, 4) is 5.88 Å². The fraction of sp³-hybridized carbons (Fsp3) is 0.409. The van der Waals surface area contributed by atoms with Crippen LogP contribution < -0.4 is 10.5 Å². The van der Waals surface area contributed by atoms with E-state index in [2.05, 4.69) is 15.0 Å². The summed E-state index contributed by atoms with van der Waals surface area (Å²) in [5.41, 5.74) is 7.10. The highest BCUT2D eigenvalue weighted by atomic mass is 16.5. The van der Waals surface area contributed by atoms with Gasteiger partial charge in [0.2, 0.25) is 11.8 Å². The average Bonchev–Trinajstić information content (AvgIpc) is 3.55. The Morgan fingerprint density at radius 1 is 1.30 bits per heavy atom. The Bertz CT molecular complexity index is 1000. The normalized spacial score (nSPS) is 21.3. The lowest BCUT2D eigenvalue weighted by molar-refractivity contribution is -0.128. The number of Topliss-reactive ketones (excluding diaryl/α,β-unsaturated/α-hetero) is 1. The lowest BCUT2D eigenvalue weighted by atomic mass is 9.86. The molecule has 4 rings (SSSR count). The van der Waals surface area contributed by atoms with Gasteiger partial charge in [-0.1, -0.05) is 24.3 Å². The van der Waals surface area contributed by atoms with Gasteiger partial charge in [-0.3, -0.25) is 14.5 Å². The second-order valence-corrected chi connectivity index (χ2v) is 8.17. The molecule has 2 N–H and O–H groups in total. The fourth-order valence-corrected chi connectivity index (χ4v) is 3.39. The molecule has 1 atom stereocenters. The van der Waals surface area contributed by atoms with Crippen LogP contribution >= 0.6 is 0 Å². The van der Waals surface area contributed by atoms with E-state index in [0.29, 0.717) is 24.1 Å². The monoisotopic (exact) mass is 407 g/mol. The minimum atomic E-state index is -0.757. The molecule has 1 aliphatic carbocycles. The maximum atomic E-state index is 12.7. The van der Waals surface area contributed by atoms with Gasteiger partial charge in [0.1, 0.15) is 5.69 Å². The van der Waals surface area contributed by atoms with Crippen LogP contribution in [0.15, 0.2) is 41.7 Å². The summed E-state index contributed by atoms with van der Waals surface area (Å²) in [5.74, 6) is 1.03. The second-order valence-electron chi connectivity index (χ2n) is 8.17. The smallest absolute Gasteiger partial charge is 0.232 e. The van der Waals surface area contributed by atoms with Crippen molar-refractivity contribution in [2.45, 2.75) is 38.1 Å². The van der Waals surface area contributed by atoms with E-state index >= 15 is 0 Å². The van der Waals surface area contributed by atoms with Crippen molar-refractivity contribution < 1.29 is 14.3 Å². The molecule has 1 aromatic heterocycles. The zero-order valence-electron chi connectivity index (χ0n) is 17.2. The molecule has 0 saturated heterocycles. The van der Waals surface area contributed by atoms with Crippen LogP contribution in [0.1, 0.15) is 47.8 Å². The van der Waals surface area contributed by atoms with Gasteiger partial charge in [-0.25, -0.2) is 15.0 Å². The standard InChI is InChI=1S/C22H25N5O3/c1-22(10-20(29)27(2)21(23)26-22)16-5-3-4-15(8-16)9-18(28)17-11-25-19(12-24-17)30-13-14-6-7-14/h3-5,8,11-12,14H,6-7,9-10,13H2,1-2H3,(H2,23,26). The first kappa shape index (κ1) is 20.0. The second kappa shape index (κ2) is 7.85. The lowest BCUT2D eigenvalue weighted by Gasteiger charge is -2.33. The first-order chi connectivity index (χ1) is 14.3. The number of hydrogen-bond donors (Lipinski definition) is 1. The van der Waals surface area contributed by atoms with E-state index in [4.69, 9.17) is 10.5 Å². The van der Waals surface area contributed by atoms with Crippen LogP contribution in [0, 0.1) is 5.92 Å². The van der Waals surface area contributed by atoms with Gasteiger partial charge in [0.05, 0.1) is 31.0 Å². The Hall–Kier alpha value is -3.29. The fourth-order valence-electron chi connectivity index (χ4n) is 3.39. The number of nitrogens with two attached hydrogens (primary N) is 1. The number of amides is 1. The van der Waals surface area contributed by atoms with Crippen LogP contribution in [-0.4, -0.2) is 46.2 Å². The van der Waals surface area contributed by atoms with E-state index in [-0.39, 0.29) is 30.5 Å². The van der Waals surface area contributed by atoms with Gasteiger partial charge in [0.15, 0.2) is 11.7 Å². The average molecular weight is 407 g/mol. The van der Waals surface area contributed by atoms with Crippen LogP contribution in [-0.2, 0) is 16.8 Å². The number of aromatic nitrogens is 2. The highest BCUT2D eigenvalue weighted by Gasteiger charge is 2.36. The van der Waals surface area contributed by atoms with Crippen molar-refractivity contribution in [2.75, 3.05) is 13.7 Å². The summed E-state index contributed by atoms with van der Waals surface area (Å²) >= 11 is 0. The predicted molar refractivity (Wildman–Crippen MR) is 111 cm³/mol. The molecule has 1 saturated carbocycles. The highest BCUT2D eigenvalue weighted by Crippen LogP contribution is 2.33. The highest BCUT2D eigenvalue weighted by molar-refractivity contribution is 5.99. The molecule has 0 radical (unpaired) electrons. The molecule has 2 aliphatic rings. The van der Waals surface area contributed by atoms with Crippen molar-refractivity contribution in [3.63, 3.8) is 0 Å². The third-order valence-corrected chi connectivity index (χ3v) is 5.57. The Labute approximate surface area is 175 Å². The van der Waals surface area contributed by atoms with Gasteiger partial charge >= 0.3 is 0 Å². The molecule has 156 valence electrons. The van der Waals surface area contributed by atoms with E-state index < -0.39 is 5.54 Å². The number of aliphatic imine (C=N–C) groups is 1. The van der Waals surface area contributed by atoms with Crippen LogP contribution in [0.5, 0.6) is 5.88 Å². The largest absolute Gasteiger partial charge is 0.476 e. The Morgan fingerprint density at radius 3 is 2.77 bits per heavy atom. The number of nitrogens with zero attached hydrogens (tertiary/aromatic N) is 4. The van der Waals surface area contributed by atoms with Crippen molar-refractivity contribution in [1.29, 1.82) is 0 Å². The molecule has 0 spiro atoms. The van der Waals surface area contributed by atoms with Crippen molar-refractivity contribution in [3.05, 3.63) is 53.5 Å². The Kier molecular flexibility index (Phi) is 5.24. The van der Waals surface area contributed by atoms with E-state index in [9.17, 15) is 9.59 Å². The number of carbonyl (C=O) groups is 2. The Balaban J connectivity index is 1.46. The van der Waals surface area contributed by atoms with Gasteiger partial charge in [-0.05, 0) is 36.8 Å². The maximum absolute atomic E-state index is 12.7. The van der Waals surface area contributed by atoms with E-state index in [0.717, 1.165) is 11.1 Å². The predicted octanol–water partition coefficient (Wildman–Crippen LogP) is 2.08. The summed E-state index contributed by atoms with van der Waals surface area (Å²) in [5, 5.41) is 0. The first-order valence-electron chi connectivity index (χ1n) is 10.0. The van der Waals surface area contributed by atoms with Gasteiger partial charge in [-0.2, -0.15) is 0 Å². The molecule has 1 amide bonds. The van der Waals surface area contributed by atoms with Crippen molar-refractivity contribution >= 4 is 17.6 Å². The van der Waals surface area contributed by atoms with Gasteiger partial charge in [-0.15, -0.1) is 0 Å². The van der Waals surface area contributed by atoms with E-state index in [1.54, 1.807) is 7.05 Å². The minimum Gasteiger partial charge on any atom is -0.476 e. The van der Waals surface area contributed by atoms with E-state index in [1.807, 2.05) is 31.2 Å². The zero-order chi connectivity index (χ0) is 21.3. The number of guanidine groups is 1. The minimum absolute atomic E-state index is 0.0919. The molecule has 30 heavy (non-hydrogen) atoms. The molecule has 8 heteroatoms. The SMILES string of the molecule is CN1C(=O)CC(C)(c2cccc(CC(=O)c3cnc(OCC4CC4)cn3)c2)N=C1N. The lowest BCUT2D eigenvalue weighted by Crippen LogP contribution is -2.47. The van der Waals surface area contributed by atoms with Crippen molar-refractivity contribution in [1.82, 2.24) is 14.9 Å². The summed E-state index contributed by atoms with van der Waals surface area (Å²) in [4.78, 5) is 39.2. The molecule has 1 unspecified atom stereocenters. The van der Waals surface area contributed by atoms with Gasteiger partial charge in [0.25, 0.3) is 0 Å². The van der Waals surface area contributed by atoms with Crippen LogP contribution in [0.2, 0.25) is 0 Å². The Morgan fingerprint density at radius 2 is 2.10 bits per heavy atom. The van der Waals surface area contributed by atoms with E-state index in [1.165, 1.54) is 30.1 Å². The molecular formula is C22H25N5O3. The van der Waals surface area contributed by atoms with Gasteiger partial charge in [0, 0.05) is 13.5 Å². The number of carbonyl (C=O) groups excluding carboxylic acids is 2. The number of hydrogen-bond acceptors (Lipinski definition) is 7. The number of benzene rings is 1. The quantitative estimate of drug-likeness (QED) is 0.704. The van der Waals surface area contributed by atoms with Crippen LogP contribution in [0.3, 0.4) is 0 Å². The first-order valence-corrected chi connectivity index (χ1v) is 10.0. The molecule has 1 aromatic carbocycles. The number of rotatable bonds is 7. The topological polar surface area (TPSA) is 111 Å². The van der Waals surface area contributed by atoms with Crippen molar-refractivity contribution in [2.24, 2.45) is 16.6 Å². The van der Waals surface area contributed by atoms with Gasteiger partial charge < -0.3 is 10.5 Å². The summed E-state index contributed by atoms with van der Waals surface area (Å²) in [6.07, 6.45) is 5.74. The zero-order valence-corrected chi connectivity index (χ0v) is 17.2. The molecule has 2 aromatic rings. The van der Waals surface area contributed by atoms with Crippen LogP contribution in [0.4, 0.5) is 0 Å². The molecule has 0 bridgehead atoms. The number of ether oxygens (including phenoxy) is 1. The summed E-state index contributed by atoms with van der Waals surface area (Å²) in [6.45, 7) is 2.52.